The Hall–Kier alpha value is -0.810. The molecule has 0 radical (unpaired) electrons. The number of fused-ring (bicyclic) bond motifs is 1. The van der Waals surface area contributed by atoms with Crippen LogP contribution < -0.4 is 5.73 Å². The minimum Gasteiger partial charge on any atom is -0.352 e. The molecular formula is C17H18BrClN2S. The molecule has 0 aliphatic heterocycles. The number of rotatable bonds is 5. The summed E-state index contributed by atoms with van der Waals surface area (Å²) >= 11 is 11.8. The molecule has 0 spiro atoms. The highest BCUT2D eigenvalue weighted by molar-refractivity contribution is 9.10. The van der Waals surface area contributed by atoms with Gasteiger partial charge in [-0.15, -0.1) is 11.3 Å². The molecule has 2 nitrogen and oxygen atoms in total. The molecule has 22 heavy (non-hydrogen) atoms. The molecule has 2 aromatic heterocycles. The molecule has 5 heteroatoms. The molecule has 0 aliphatic rings. The minimum absolute atomic E-state index is 0.736. The summed E-state index contributed by atoms with van der Waals surface area (Å²) in [5, 5.41) is 4.10. The lowest BCUT2D eigenvalue weighted by atomic mass is 10.0. The molecule has 3 aromatic rings. The van der Waals surface area contributed by atoms with Crippen LogP contribution in [0, 0.1) is 6.92 Å². The molecule has 3 N–H and O–H groups in total. The summed E-state index contributed by atoms with van der Waals surface area (Å²) in [7, 11) is 0. The van der Waals surface area contributed by atoms with E-state index >= 15 is 0 Å². The van der Waals surface area contributed by atoms with Crippen molar-refractivity contribution in [3.05, 3.63) is 44.2 Å². The molecule has 3 rings (SSSR count). The summed E-state index contributed by atoms with van der Waals surface area (Å²) in [4.78, 5) is 4.85. The Kier molecular flexibility index (Phi) is 4.93. The Morgan fingerprint density at radius 2 is 2.14 bits per heavy atom. The van der Waals surface area contributed by atoms with Crippen molar-refractivity contribution in [1.29, 1.82) is 0 Å². The van der Waals surface area contributed by atoms with Crippen LogP contribution in [0.3, 0.4) is 0 Å². The third kappa shape index (κ3) is 2.98. The first-order valence-electron chi connectivity index (χ1n) is 7.36. The summed E-state index contributed by atoms with van der Waals surface area (Å²) in [6.45, 7) is 2.89. The molecule has 0 saturated carbocycles. The van der Waals surface area contributed by atoms with Crippen LogP contribution in [0.25, 0.3) is 21.5 Å². The van der Waals surface area contributed by atoms with Gasteiger partial charge in [0.1, 0.15) is 0 Å². The highest BCUT2D eigenvalue weighted by Crippen LogP contribution is 2.39. The summed E-state index contributed by atoms with van der Waals surface area (Å²) in [5.74, 6) is 0. The van der Waals surface area contributed by atoms with E-state index in [1.807, 2.05) is 6.07 Å². The van der Waals surface area contributed by atoms with Gasteiger partial charge in [-0.1, -0.05) is 27.5 Å². The van der Waals surface area contributed by atoms with Gasteiger partial charge in [0.25, 0.3) is 0 Å². The van der Waals surface area contributed by atoms with E-state index in [0.717, 1.165) is 40.8 Å². The second-order valence-corrected chi connectivity index (χ2v) is 7.71. The molecule has 2 heterocycles. The van der Waals surface area contributed by atoms with Crippen LogP contribution in [-0.2, 0) is 6.42 Å². The van der Waals surface area contributed by atoms with E-state index in [1.165, 1.54) is 27.1 Å². The predicted octanol–water partition coefficient (Wildman–Crippen LogP) is 5.90. The van der Waals surface area contributed by atoms with E-state index in [4.69, 9.17) is 17.3 Å². The second kappa shape index (κ2) is 6.75. The second-order valence-electron chi connectivity index (χ2n) is 5.47. The van der Waals surface area contributed by atoms with Crippen molar-refractivity contribution in [2.24, 2.45) is 5.73 Å². The molecule has 0 bridgehead atoms. The van der Waals surface area contributed by atoms with Gasteiger partial charge < -0.3 is 10.7 Å². The molecular weight excluding hydrogens is 380 g/mol. The normalized spacial score (nSPS) is 11.5. The summed E-state index contributed by atoms with van der Waals surface area (Å²) < 4.78 is 1.01. The van der Waals surface area contributed by atoms with E-state index in [0.29, 0.717) is 0 Å². The first-order valence-corrected chi connectivity index (χ1v) is 9.41. The third-order valence-corrected chi connectivity index (χ3v) is 5.69. The number of H-pyrrole nitrogens is 1. The van der Waals surface area contributed by atoms with Crippen molar-refractivity contribution < 1.29 is 0 Å². The molecule has 116 valence electrons. The van der Waals surface area contributed by atoms with Crippen molar-refractivity contribution in [1.82, 2.24) is 4.98 Å². The van der Waals surface area contributed by atoms with Gasteiger partial charge in [-0.25, -0.2) is 0 Å². The lowest BCUT2D eigenvalue weighted by Crippen LogP contribution is -1.99. The smallest absolute Gasteiger partial charge is 0.0658 e. The van der Waals surface area contributed by atoms with Crippen molar-refractivity contribution in [2.75, 3.05) is 6.54 Å². The largest absolute Gasteiger partial charge is 0.352 e. The molecule has 0 amide bonds. The van der Waals surface area contributed by atoms with Gasteiger partial charge in [0.15, 0.2) is 0 Å². The zero-order chi connectivity index (χ0) is 15.7. The quantitative estimate of drug-likeness (QED) is 0.517. The maximum absolute atomic E-state index is 6.43. The number of thiophene rings is 1. The number of hydrogen-bond donors (Lipinski definition) is 2. The monoisotopic (exact) mass is 396 g/mol. The average molecular weight is 398 g/mol. The molecule has 0 atom stereocenters. The Labute approximate surface area is 147 Å². The number of aryl methyl sites for hydroxylation is 2. The third-order valence-electron chi connectivity index (χ3n) is 3.90. The zero-order valence-electron chi connectivity index (χ0n) is 12.4. The number of aromatic amines is 1. The topological polar surface area (TPSA) is 41.8 Å². The first-order chi connectivity index (χ1) is 10.6. The van der Waals surface area contributed by atoms with Crippen LogP contribution in [0.4, 0.5) is 0 Å². The van der Waals surface area contributed by atoms with Gasteiger partial charge in [0.05, 0.1) is 21.1 Å². The summed E-state index contributed by atoms with van der Waals surface area (Å²) in [6, 6.07) is 6.25. The number of nitrogens with two attached hydrogens (primary N) is 1. The van der Waals surface area contributed by atoms with E-state index in [9.17, 15) is 0 Å². The van der Waals surface area contributed by atoms with E-state index in [1.54, 1.807) is 11.3 Å². The SMILES string of the molecule is Cc1ccsc1-c1[nH]c2c(Cl)cc(Br)cc2c1CCCCN. The Balaban J connectivity index is 2.19. The average Bonchev–Trinajstić information content (AvgIpc) is 3.03. The number of halogens is 2. The van der Waals surface area contributed by atoms with Crippen LogP contribution in [0.15, 0.2) is 28.1 Å². The van der Waals surface area contributed by atoms with E-state index < -0.39 is 0 Å². The van der Waals surface area contributed by atoms with Gasteiger partial charge in [0, 0.05) is 9.86 Å². The Morgan fingerprint density at radius 1 is 1.32 bits per heavy atom. The molecule has 0 fully saturated rings. The van der Waals surface area contributed by atoms with Crippen LogP contribution in [0.1, 0.15) is 24.0 Å². The van der Waals surface area contributed by atoms with Crippen LogP contribution >= 0.6 is 38.9 Å². The standard InChI is InChI=1S/C17H18BrClN2S/c1-10-5-7-22-17(10)16-12(4-2-3-6-20)13-8-11(18)9-14(19)15(13)21-16/h5,7-9,21H,2-4,6,20H2,1H3. The van der Waals surface area contributed by atoms with Crippen LogP contribution in [0.2, 0.25) is 5.02 Å². The fourth-order valence-electron chi connectivity index (χ4n) is 2.80. The molecule has 1 aromatic carbocycles. The lowest BCUT2D eigenvalue weighted by molar-refractivity contribution is 0.748. The van der Waals surface area contributed by atoms with Gasteiger partial charge in [-0.2, -0.15) is 0 Å². The fraction of sp³-hybridized carbons (Fsp3) is 0.294. The maximum Gasteiger partial charge on any atom is 0.0658 e. The van der Waals surface area contributed by atoms with Crippen LogP contribution in [-0.4, -0.2) is 11.5 Å². The van der Waals surface area contributed by atoms with Gasteiger partial charge in [-0.05, 0) is 67.4 Å². The highest BCUT2D eigenvalue weighted by atomic mass is 79.9. The van der Waals surface area contributed by atoms with Crippen molar-refractivity contribution >= 4 is 49.8 Å². The fourth-order valence-corrected chi connectivity index (χ4v) is 4.61. The minimum atomic E-state index is 0.736. The van der Waals surface area contributed by atoms with Gasteiger partial charge >= 0.3 is 0 Å². The molecule has 0 saturated heterocycles. The highest BCUT2D eigenvalue weighted by Gasteiger charge is 2.17. The van der Waals surface area contributed by atoms with Gasteiger partial charge in [-0.3, -0.25) is 0 Å². The first kappa shape index (κ1) is 16.1. The lowest BCUT2D eigenvalue weighted by Gasteiger charge is -2.05. The van der Waals surface area contributed by atoms with Crippen LogP contribution in [0.5, 0.6) is 0 Å². The van der Waals surface area contributed by atoms with E-state index in [2.05, 4.69) is 45.4 Å². The number of nitrogens with one attached hydrogen (secondary N) is 1. The number of hydrogen-bond acceptors (Lipinski definition) is 2. The number of benzene rings is 1. The Bertz CT molecular complexity index is 806. The van der Waals surface area contributed by atoms with E-state index in [-0.39, 0.29) is 0 Å². The van der Waals surface area contributed by atoms with Crippen molar-refractivity contribution in [3.63, 3.8) is 0 Å². The van der Waals surface area contributed by atoms with Gasteiger partial charge in [0.2, 0.25) is 0 Å². The zero-order valence-corrected chi connectivity index (χ0v) is 15.5. The Morgan fingerprint density at radius 3 is 2.82 bits per heavy atom. The van der Waals surface area contributed by atoms with Crippen molar-refractivity contribution in [2.45, 2.75) is 26.2 Å². The summed E-state index contributed by atoms with van der Waals surface area (Å²) in [5.41, 5.74) is 10.5. The summed E-state index contributed by atoms with van der Waals surface area (Å²) in [6.07, 6.45) is 3.14. The maximum atomic E-state index is 6.43. The number of aromatic nitrogens is 1. The van der Waals surface area contributed by atoms with Crippen molar-refractivity contribution in [3.8, 4) is 10.6 Å². The predicted molar refractivity (Wildman–Crippen MR) is 101 cm³/mol. The molecule has 0 unspecified atom stereocenters. The number of unbranched alkanes of at least 4 members (excludes halogenated alkanes) is 1. The molecule has 0 aliphatic carbocycles.